The molecule has 9 heteroatoms. The van der Waals surface area contributed by atoms with Crippen molar-refractivity contribution in [2.24, 2.45) is 0 Å². The Hall–Kier alpha value is -2.28. The molecule has 4 rings (SSSR count). The summed E-state index contributed by atoms with van der Waals surface area (Å²) >= 11 is 1.15. The summed E-state index contributed by atoms with van der Waals surface area (Å²) in [5.74, 6) is -0.470. The van der Waals surface area contributed by atoms with Gasteiger partial charge in [-0.15, -0.1) is 0 Å². The second-order valence-electron chi connectivity index (χ2n) is 10.3. The Kier molecular flexibility index (Phi) is 8.42. The molecule has 3 heterocycles. The number of hydrogen-bond donors (Lipinski definition) is 2. The van der Waals surface area contributed by atoms with Crippen molar-refractivity contribution in [3.8, 4) is 5.75 Å². The van der Waals surface area contributed by atoms with Gasteiger partial charge in [0.1, 0.15) is 0 Å². The van der Waals surface area contributed by atoms with Gasteiger partial charge in [-0.1, -0.05) is 13.0 Å². The van der Waals surface area contributed by atoms with Gasteiger partial charge in [0.05, 0.1) is 6.10 Å². The number of carbonyl (C=O) groups is 1. The molecule has 2 aromatic rings. The smallest absolute Gasteiger partial charge is 0.0532 e. The molecule has 37 heavy (non-hydrogen) atoms. The second-order valence-corrected chi connectivity index (χ2v) is 12.5. The first-order chi connectivity index (χ1) is 17.5. The van der Waals surface area contributed by atoms with Crippen LogP contribution >= 0.6 is 0 Å². The van der Waals surface area contributed by atoms with Crippen LogP contribution < -0.4 is 15.6 Å². The number of unbranched alkanes of at least 4 members (excludes halogenated alkanes) is 2. The van der Waals surface area contributed by atoms with E-state index in [1.54, 1.807) is 0 Å². The Balaban J connectivity index is 1.44. The first kappa shape index (κ1) is 27.7. The minimum atomic E-state index is -1.19. The number of aromatic carboxylic acids is 1. The number of benzene rings is 1. The third-order valence-electron chi connectivity index (χ3n) is 7.23. The molecule has 0 aliphatic carbocycles. The van der Waals surface area contributed by atoms with Crippen molar-refractivity contribution in [3.05, 3.63) is 63.1 Å². The molecule has 1 atom stereocenters. The van der Waals surface area contributed by atoms with Crippen molar-refractivity contribution in [2.75, 3.05) is 6.61 Å². The van der Waals surface area contributed by atoms with Crippen molar-refractivity contribution >= 4 is 28.0 Å². The van der Waals surface area contributed by atoms with E-state index in [4.69, 9.17) is 9.39 Å². The minimum Gasteiger partial charge on any atom is -0.0532 e. The molecule has 0 amide bonds. The normalized spacial score (nSPS) is 19.0. The summed E-state index contributed by atoms with van der Waals surface area (Å²) in [5, 5.41) is 19.8. The molecule has 7 nitrogen and oxygen atoms in total. The van der Waals surface area contributed by atoms with E-state index in [2.05, 4.69) is 19.9 Å². The Labute approximate surface area is 229 Å². The zero-order chi connectivity index (χ0) is 26.9. The number of rotatable bonds is 9. The zero-order valence-corrected chi connectivity index (χ0v) is 24.7. The number of ether oxygens (including phenoxy) is 1. The minimum absolute atomic E-state index is 0.0688. The van der Waals surface area contributed by atoms with Gasteiger partial charge in [0, 0.05) is 0 Å². The summed E-state index contributed by atoms with van der Waals surface area (Å²) in [6.45, 7) is 8.63. The SMILES string of the molecule is CCC1OB(O)c2cc(OCCCC[C-]=C3CCC(C)(C)n4cc(C(=O)O)c(=O)c([C](C)=[W])c43)ccc21. The molecule has 0 saturated heterocycles. The van der Waals surface area contributed by atoms with Crippen LogP contribution in [0.1, 0.15) is 99.5 Å². The van der Waals surface area contributed by atoms with Crippen LogP contribution in [0.15, 0.2) is 29.2 Å². The van der Waals surface area contributed by atoms with Crippen molar-refractivity contribution in [3.63, 3.8) is 0 Å². The molecular weight excluding hydrogens is 641 g/mol. The van der Waals surface area contributed by atoms with E-state index in [1.807, 2.05) is 36.6 Å². The van der Waals surface area contributed by atoms with E-state index in [0.29, 0.717) is 12.2 Å². The van der Waals surface area contributed by atoms with Gasteiger partial charge in [-0.3, -0.25) is 0 Å². The van der Waals surface area contributed by atoms with Crippen LogP contribution in [-0.2, 0) is 29.5 Å². The van der Waals surface area contributed by atoms with Crippen molar-refractivity contribution in [1.29, 1.82) is 0 Å². The van der Waals surface area contributed by atoms with Crippen LogP contribution in [0.25, 0.3) is 5.57 Å². The van der Waals surface area contributed by atoms with Gasteiger partial charge >= 0.3 is 183 Å². The van der Waals surface area contributed by atoms with E-state index in [1.165, 1.54) is 6.20 Å². The molecule has 0 bridgehead atoms. The standard InChI is InChI=1S/C28H33BNO6.W/c1-5-20-25-18(13-14-28(3,4)30(25)17-22(26(20)31)27(32)33)10-8-7-9-15-35-19-11-12-21-23(16-19)29(34)36-24(21)6-2;/h11-12,16-17,24,34H,6-9,13-15H2,1-4H3,(H,32,33);/q-1;. The topological polar surface area (TPSA) is 98.0 Å². The van der Waals surface area contributed by atoms with Crippen LogP contribution in [0.3, 0.4) is 0 Å². The van der Waals surface area contributed by atoms with Gasteiger partial charge in [-0.2, -0.15) is 0 Å². The average molecular weight is 674 g/mol. The zero-order valence-electron chi connectivity index (χ0n) is 21.8. The number of aromatic nitrogens is 1. The molecule has 196 valence electrons. The number of carboxylic acid groups (broad SMARTS) is 1. The molecule has 2 N–H and O–H groups in total. The maximum atomic E-state index is 13.1. The van der Waals surface area contributed by atoms with Gasteiger partial charge in [-0.05, 0) is 17.4 Å². The van der Waals surface area contributed by atoms with Crippen LogP contribution in [0, 0.1) is 6.08 Å². The predicted octanol–water partition coefficient (Wildman–Crippen LogP) is 3.77. The van der Waals surface area contributed by atoms with Crippen molar-refractivity contribution in [2.45, 2.75) is 77.9 Å². The first-order valence-electron chi connectivity index (χ1n) is 12.8. The third-order valence-corrected chi connectivity index (χ3v) is 7.96. The molecular formula is C28H33BNO6W-. The van der Waals surface area contributed by atoms with E-state index in [0.717, 1.165) is 89.8 Å². The Morgan fingerprint density at radius 3 is 2.78 bits per heavy atom. The Morgan fingerprint density at radius 1 is 1.35 bits per heavy atom. The fourth-order valence-electron chi connectivity index (χ4n) is 5.13. The van der Waals surface area contributed by atoms with Crippen LogP contribution in [0.2, 0.25) is 0 Å². The van der Waals surface area contributed by atoms with Gasteiger partial charge in [0.15, 0.2) is 0 Å². The van der Waals surface area contributed by atoms with E-state index < -0.39 is 18.5 Å². The molecule has 0 spiro atoms. The van der Waals surface area contributed by atoms with Gasteiger partial charge in [0.25, 0.3) is 0 Å². The second kappa shape index (κ2) is 11.2. The number of allylic oxidation sites excluding steroid dienone is 2. The van der Waals surface area contributed by atoms with E-state index in [-0.39, 0.29) is 17.2 Å². The Morgan fingerprint density at radius 2 is 2.11 bits per heavy atom. The third kappa shape index (κ3) is 5.62. The summed E-state index contributed by atoms with van der Waals surface area (Å²) in [7, 11) is -0.900. The molecule has 0 saturated carbocycles. The maximum absolute atomic E-state index is 13.1. The van der Waals surface area contributed by atoms with Gasteiger partial charge in [0.2, 0.25) is 0 Å². The van der Waals surface area contributed by atoms with Gasteiger partial charge in [-0.25, -0.2) is 0 Å². The van der Waals surface area contributed by atoms with Crippen molar-refractivity contribution < 1.29 is 43.7 Å². The monoisotopic (exact) mass is 674 g/mol. The van der Waals surface area contributed by atoms with Crippen LogP contribution in [0.5, 0.6) is 5.75 Å². The quantitative estimate of drug-likeness (QED) is 0.239. The average Bonchev–Trinajstić information content (AvgIpc) is 3.16. The summed E-state index contributed by atoms with van der Waals surface area (Å²) in [6, 6.07) is 5.76. The number of carboxylic acids is 1. The first-order valence-corrected chi connectivity index (χ1v) is 14.3. The summed E-state index contributed by atoms with van der Waals surface area (Å²) in [5.41, 5.74) is 3.24. The number of fused-ring (bicyclic) bond motifs is 2. The Bertz CT molecular complexity index is 1310. The van der Waals surface area contributed by atoms with E-state index in [9.17, 15) is 19.7 Å². The summed E-state index contributed by atoms with van der Waals surface area (Å²) < 4.78 is 14.4. The fourth-order valence-corrected chi connectivity index (χ4v) is 5.81. The fraction of sp³-hybridized carbons (Fsp3) is 0.464. The van der Waals surface area contributed by atoms with Crippen molar-refractivity contribution in [1.82, 2.24) is 4.57 Å². The van der Waals surface area contributed by atoms with Crippen LogP contribution in [0.4, 0.5) is 0 Å². The molecule has 2 aliphatic heterocycles. The molecule has 2 aliphatic rings. The molecule has 1 aromatic carbocycles. The molecule has 0 fully saturated rings. The summed E-state index contributed by atoms with van der Waals surface area (Å²) in [6.07, 6.45) is 9.85. The molecule has 1 unspecified atom stereocenters. The molecule has 0 radical (unpaired) electrons. The predicted molar refractivity (Wildman–Crippen MR) is 140 cm³/mol. The summed E-state index contributed by atoms with van der Waals surface area (Å²) in [4.78, 5) is 24.9. The number of nitrogens with zero attached hydrogens (tertiary/aromatic N) is 1. The molecule has 1 aromatic heterocycles. The number of hydrogen-bond acceptors (Lipinski definition) is 5. The van der Waals surface area contributed by atoms with Crippen LogP contribution in [-0.4, -0.2) is 38.3 Å². The van der Waals surface area contributed by atoms with E-state index >= 15 is 0 Å². The van der Waals surface area contributed by atoms with Gasteiger partial charge < -0.3 is 9.68 Å². The number of pyridine rings is 1.